The number of nitrogens with one attached hydrogen (secondary N) is 2. The van der Waals surface area contributed by atoms with E-state index in [0.29, 0.717) is 5.75 Å². The van der Waals surface area contributed by atoms with E-state index in [2.05, 4.69) is 10.3 Å². The zero-order chi connectivity index (χ0) is 20.3. The maximum Gasteiger partial charge on any atom is 0.306 e. The van der Waals surface area contributed by atoms with Gasteiger partial charge in [-0.1, -0.05) is 0 Å². The van der Waals surface area contributed by atoms with Crippen LogP contribution in [0, 0.1) is 0 Å². The second-order valence-electron chi connectivity index (χ2n) is 7.40. The van der Waals surface area contributed by atoms with Crippen molar-refractivity contribution >= 4 is 32.6 Å². The topological polar surface area (TPSA) is 97.5 Å². The molecule has 1 amide bonds. The van der Waals surface area contributed by atoms with Gasteiger partial charge in [0.1, 0.15) is 11.5 Å². The van der Waals surface area contributed by atoms with Crippen molar-refractivity contribution in [1.82, 2.24) is 4.98 Å². The maximum absolute atomic E-state index is 12.2. The average Bonchev–Trinajstić information content (AvgIpc) is 3.10. The minimum atomic E-state index is -3.62. The Morgan fingerprint density at radius 1 is 1.07 bits per heavy atom. The van der Waals surface area contributed by atoms with Crippen LogP contribution in [-0.4, -0.2) is 32.7 Å². The van der Waals surface area contributed by atoms with Crippen LogP contribution in [0.1, 0.15) is 19.4 Å². The first-order valence-corrected chi connectivity index (χ1v) is 10.5. The van der Waals surface area contributed by atoms with E-state index < -0.39 is 15.5 Å². The lowest BCUT2D eigenvalue weighted by Crippen LogP contribution is -2.26. The lowest BCUT2D eigenvalue weighted by molar-refractivity contribution is -0.119. The highest BCUT2D eigenvalue weighted by Gasteiger charge is 2.38. The Morgan fingerprint density at radius 3 is 2.50 bits per heavy atom. The molecule has 0 radical (unpaired) electrons. The fraction of sp³-hybridized carbons (Fsp3) is 0.250. The number of H-pyrrole nitrogens is 1. The van der Waals surface area contributed by atoms with E-state index in [0.717, 1.165) is 39.7 Å². The molecule has 1 aliphatic heterocycles. The zero-order valence-electron chi connectivity index (χ0n) is 15.9. The van der Waals surface area contributed by atoms with Gasteiger partial charge in [-0.3, -0.25) is 4.79 Å². The predicted molar refractivity (Wildman–Crippen MR) is 107 cm³/mol. The summed E-state index contributed by atoms with van der Waals surface area (Å²) in [6.45, 7) is 3.80. The quantitative estimate of drug-likeness (QED) is 0.654. The van der Waals surface area contributed by atoms with E-state index in [-0.39, 0.29) is 11.7 Å². The molecule has 0 atom stereocenters. The van der Waals surface area contributed by atoms with Gasteiger partial charge in [0.15, 0.2) is 0 Å². The number of benzene rings is 2. The van der Waals surface area contributed by atoms with E-state index in [1.807, 2.05) is 32.0 Å². The number of hydrogen-bond donors (Lipinski definition) is 2. The monoisotopic (exact) mass is 400 g/mol. The lowest BCUT2D eigenvalue weighted by atomic mass is 9.86. The molecule has 7 nitrogen and oxygen atoms in total. The van der Waals surface area contributed by atoms with Crippen molar-refractivity contribution in [2.24, 2.45) is 0 Å². The molecule has 0 unspecified atom stereocenters. The summed E-state index contributed by atoms with van der Waals surface area (Å²) < 4.78 is 33.0. The van der Waals surface area contributed by atoms with Gasteiger partial charge in [-0.25, -0.2) is 0 Å². The van der Waals surface area contributed by atoms with E-state index in [1.165, 1.54) is 13.2 Å². The molecule has 0 bridgehead atoms. The highest BCUT2D eigenvalue weighted by Crippen LogP contribution is 2.41. The lowest BCUT2D eigenvalue weighted by Gasteiger charge is -2.14. The molecule has 1 aliphatic rings. The van der Waals surface area contributed by atoms with Crippen LogP contribution in [0.5, 0.6) is 11.5 Å². The van der Waals surface area contributed by atoms with Crippen molar-refractivity contribution < 1.29 is 22.1 Å². The summed E-state index contributed by atoms with van der Waals surface area (Å²) in [6.07, 6.45) is 0.991. The Bertz CT molecular complexity index is 1220. The fourth-order valence-electron chi connectivity index (χ4n) is 3.47. The Labute approximate surface area is 162 Å². The molecule has 0 saturated carbocycles. The van der Waals surface area contributed by atoms with Crippen LogP contribution < -0.4 is 14.2 Å². The highest BCUT2D eigenvalue weighted by molar-refractivity contribution is 7.86. The normalized spacial score (nSPS) is 15.4. The molecule has 2 heterocycles. The van der Waals surface area contributed by atoms with Gasteiger partial charge in [0.2, 0.25) is 5.91 Å². The number of methoxy groups -OCH3 is 1. The number of hydrogen-bond acceptors (Lipinski definition) is 5. The van der Waals surface area contributed by atoms with Gasteiger partial charge in [-0.15, -0.1) is 0 Å². The maximum atomic E-state index is 12.2. The molecule has 8 heteroatoms. The molecular weight excluding hydrogens is 380 g/mol. The van der Waals surface area contributed by atoms with Crippen LogP contribution >= 0.6 is 0 Å². The van der Waals surface area contributed by atoms with Gasteiger partial charge >= 0.3 is 10.1 Å². The molecule has 0 spiro atoms. The third-order valence-electron chi connectivity index (χ3n) is 4.96. The van der Waals surface area contributed by atoms with E-state index >= 15 is 0 Å². The molecule has 146 valence electrons. The summed E-state index contributed by atoms with van der Waals surface area (Å²) in [5.41, 5.74) is 3.64. The first-order chi connectivity index (χ1) is 13.1. The number of amides is 1. The standard InChI is InChI=1S/C20H20N2O5S/c1-20(2)14-7-11-8-16(21-15(11)10-17(14)22-19(20)23)13-6-5-12(9-18(13)26-3)27-28(4,24)25/h5-10,21H,1-4H3,(H,22,23). The zero-order valence-corrected chi connectivity index (χ0v) is 16.7. The molecule has 28 heavy (non-hydrogen) atoms. The van der Waals surface area contributed by atoms with Crippen molar-refractivity contribution in [3.8, 4) is 22.8 Å². The first-order valence-electron chi connectivity index (χ1n) is 8.65. The Morgan fingerprint density at radius 2 is 1.82 bits per heavy atom. The number of aromatic amines is 1. The summed E-state index contributed by atoms with van der Waals surface area (Å²) >= 11 is 0. The van der Waals surface area contributed by atoms with Gasteiger partial charge < -0.3 is 19.2 Å². The van der Waals surface area contributed by atoms with Crippen LogP contribution in [0.15, 0.2) is 36.4 Å². The van der Waals surface area contributed by atoms with Crippen LogP contribution in [-0.2, 0) is 20.3 Å². The van der Waals surface area contributed by atoms with Gasteiger partial charge in [-0.05, 0) is 49.7 Å². The highest BCUT2D eigenvalue weighted by atomic mass is 32.2. The predicted octanol–water partition coefficient (Wildman–Crippen LogP) is 3.41. The SMILES string of the molecule is COc1cc(OS(C)(=O)=O)ccc1-c1cc2cc3c(cc2[nH]1)NC(=O)C3(C)C. The molecular formula is C20H20N2O5S. The number of ether oxygens (including phenoxy) is 1. The van der Waals surface area contributed by atoms with Crippen LogP contribution in [0.2, 0.25) is 0 Å². The van der Waals surface area contributed by atoms with E-state index in [4.69, 9.17) is 8.92 Å². The van der Waals surface area contributed by atoms with Crippen molar-refractivity contribution in [2.45, 2.75) is 19.3 Å². The average molecular weight is 400 g/mol. The number of carbonyl (C=O) groups excluding carboxylic acids is 1. The molecule has 0 fully saturated rings. The Kier molecular flexibility index (Phi) is 3.94. The van der Waals surface area contributed by atoms with E-state index in [9.17, 15) is 13.2 Å². The number of aromatic nitrogens is 1. The fourth-order valence-corrected chi connectivity index (χ4v) is 3.92. The minimum Gasteiger partial charge on any atom is -0.496 e. The molecule has 0 saturated heterocycles. The largest absolute Gasteiger partial charge is 0.496 e. The molecule has 4 rings (SSSR count). The summed E-state index contributed by atoms with van der Waals surface area (Å²) in [5.74, 6) is 0.648. The summed E-state index contributed by atoms with van der Waals surface area (Å²) in [6, 6.07) is 10.8. The number of rotatable bonds is 4. The smallest absolute Gasteiger partial charge is 0.306 e. The first kappa shape index (κ1) is 18.4. The second kappa shape index (κ2) is 6.00. The summed E-state index contributed by atoms with van der Waals surface area (Å²) in [7, 11) is -2.11. The number of anilines is 1. The van der Waals surface area contributed by atoms with Gasteiger partial charge in [0, 0.05) is 28.2 Å². The molecule has 2 aromatic carbocycles. The minimum absolute atomic E-state index is 0.0153. The molecule has 3 aromatic rings. The molecule has 0 aliphatic carbocycles. The van der Waals surface area contributed by atoms with Gasteiger partial charge in [-0.2, -0.15) is 8.42 Å². The van der Waals surface area contributed by atoms with Gasteiger partial charge in [0.25, 0.3) is 0 Å². The van der Waals surface area contributed by atoms with Gasteiger partial charge in [0.05, 0.1) is 24.5 Å². The summed E-state index contributed by atoms with van der Waals surface area (Å²) in [5, 5.41) is 3.89. The Hall–Kier alpha value is -3.00. The van der Waals surface area contributed by atoms with Crippen molar-refractivity contribution in [3.05, 3.63) is 42.0 Å². The number of fused-ring (bicyclic) bond motifs is 2. The van der Waals surface area contributed by atoms with Crippen LogP contribution in [0.25, 0.3) is 22.2 Å². The Balaban J connectivity index is 1.79. The van der Waals surface area contributed by atoms with Crippen molar-refractivity contribution in [3.63, 3.8) is 0 Å². The van der Waals surface area contributed by atoms with Crippen LogP contribution in [0.3, 0.4) is 0 Å². The third kappa shape index (κ3) is 2.99. The van der Waals surface area contributed by atoms with Crippen molar-refractivity contribution in [2.75, 3.05) is 18.7 Å². The van der Waals surface area contributed by atoms with Crippen molar-refractivity contribution in [1.29, 1.82) is 0 Å². The molecule has 2 N–H and O–H groups in total. The summed E-state index contributed by atoms with van der Waals surface area (Å²) in [4.78, 5) is 15.5. The second-order valence-corrected chi connectivity index (χ2v) is 8.97. The third-order valence-corrected chi connectivity index (χ3v) is 5.45. The van der Waals surface area contributed by atoms with E-state index in [1.54, 1.807) is 12.1 Å². The number of carbonyl (C=O) groups is 1. The van der Waals surface area contributed by atoms with Crippen LogP contribution in [0.4, 0.5) is 5.69 Å². The molecule has 1 aromatic heterocycles.